The molecule has 0 spiro atoms. The maximum Gasteiger partial charge on any atom is 0.116 e. The summed E-state index contributed by atoms with van der Waals surface area (Å²) in [6.07, 6.45) is 0. The molecule has 2 atom stereocenters. The van der Waals surface area contributed by atoms with Crippen molar-refractivity contribution in [3.63, 3.8) is 0 Å². The second-order valence-electron chi connectivity index (χ2n) is 5.02. The summed E-state index contributed by atoms with van der Waals surface area (Å²) in [7, 11) is 0. The van der Waals surface area contributed by atoms with E-state index in [1.165, 1.54) is 16.0 Å². The zero-order valence-electron chi connectivity index (χ0n) is 14.7. The lowest BCUT2D eigenvalue weighted by molar-refractivity contribution is 0.471. The number of rotatable bonds is 1. The number of hydrogen-bond donors (Lipinski definition) is 2. The van der Waals surface area contributed by atoms with E-state index in [2.05, 4.69) is 6.92 Å². The van der Waals surface area contributed by atoms with Gasteiger partial charge in [0.2, 0.25) is 0 Å². The lowest BCUT2D eigenvalue weighted by Gasteiger charge is -2.31. The van der Waals surface area contributed by atoms with Gasteiger partial charge in [0.25, 0.3) is 0 Å². The molecule has 2 N–H and O–H groups in total. The summed E-state index contributed by atoms with van der Waals surface area (Å²) in [6, 6.07) is 13.1. The molecule has 2 unspecified atom stereocenters. The van der Waals surface area contributed by atoms with Gasteiger partial charge >= 0.3 is 0 Å². The monoisotopic (exact) mass is 332 g/mol. The average Bonchev–Trinajstić information content (AvgIpc) is 2.60. The van der Waals surface area contributed by atoms with E-state index in [9.17, 15) is 10.2 Å². The molecule has 0 saturated heterocycles. The van der Waals surface area contributed by atoms with Gasteiger partial charge in [0.1, 0.15) is 11.5 Å². The van der Waals surface area contributed by atoms with E-state index in [1.807, 2.05) is 52.0 Å². The molecule has 0 amide bonds. The number of phenols is 2. The van der Waals surface area contributed by atoms with Gasteiger partial charge in [-0.2, -0.15) is 0 Å². The van der Waals surface area contributed by atoms with Crippen molar-refractivity contribution in [3.8, 4) is 11.5 Å². The van der Waals surface area contributed by atoms with Crippen LogP contribution in [0.2, 0.25) is 0 Å². The van der Waals surface area contributed by atoms with E-state index in [1.54, 1.807) is 30.0 Å². The van der Waals surface area contributed by atoms with Gasteiger partial charge in [-0.25, -0.2) is 0 Å². The van der Waals surface area contributed by atoms with Gasteiger partial charge < -0.3 is 10.2 Å². The third-order valence-electron chi connectivity index (χ3n) is 3.83. The molecule has 0 radical (unpaired) electrons. The second-order valence-corrected chi connectivity index (χ2v) is 6.08. The quantitative estimate of drug-likeness (QED) is 0.658. The highest BCUT2D eigenvalue weighted by atomic mass is 32.2. The van der Waals surface area contributed by atoms with Gasteiger partial charge in [-0.1, -0.05) is 52.8 Å². The summed E-state index contributed by atoms with van der Waals surface area (Å²) < 4.78 is 0. The van der Waals surface area contributed by atoms with E-state index < -0.39 is 0 Å². The predicted octanol–water partition coefficient (Wildman–Crippen LogP) is 6.14. The van der Waals surface area contributed by atoms with Gasteiger partial charge in [-0.15, -0.1) is 11.8 Å². The molecule has 1 aliphatic heterocycles. The van der Waals surface area contributed by atoms with Crippen LogP contribution in [0.15, 0.2) is 47.4 Å². The Bertz CT molecular complexity index is 593. The van der Waals surface area contributed by atoms with E-state index in [4.69, 9.17) is 0 Å². The summed E-state index contributed by atoms with van der Waals surface area (Å²) in [5.41, 5.74) is 2.56. The summed E-state index contributed by atoms with van der Waals surface area (Å²) in [5.74, 6) is 2.51. The highest BCUT2D eigenvalue weighted by Crippen LogP contribution is 2.46. The Morgan fingerprint density at radius 3 is 2.04 bits per heavy atom. The van der Waals surface area contributed by atoms with Crippen molar-refractivity contribution in [2.24, 2.45) is 0 Å². The fourth-order valence-corrected chi connectivity index (χ4v) is 4.14. The smallest absolute Gasteiger partial charge is 0.116 e. The van der Waals surface area contributed by atoms with Crippen molar-refractivity contribution >= 4 is 11.8 Å². The summed E-state index contributed by atoms with van der Waals surface area (Å²) in [4.78, 5) is 1.18. The van der Waals surface area contributed by atoms with Crippen LogP contribution in [-0.2, 0) is 0 Å². The Balaban J connectivity index is 0.000000615. The minimum Gasteiger partial charge on any atom is -0.508 e. The van der Waals surface area contributed by atoms with Gasteiger partial charge in [0.05, 0.1) is 0 Å². The molecule has 0 fully saturated rings. The van der Waals surface area contributed by atoms with E-state index in [0.29, 0.717) is 23.3 Å². The molecule has 2 nitrogen and oxygen atoms in total. The molecule has 2 aromatic carbocycles. The molecule has 23 heavy (non-hydrogen) atoms. The van der Waals surface area contributed by atoms with E-state index in [0.717, 1.165) is 5.75 Å². The van der Waals surface area contributed by atoms with Crippen LogP contribution in [0.25, 0.3) is 0 Å². The number of fused-ring (bicyclic) bond motifs is 1. The first-order valence-electron chi connectivity index (χ1n) is 8.40. The predicted molar refractivity (Wildman–Crippen MR) is 101 cm³/mol. The number of aromatic hydroxyl groups is 2. The zero-order valence-corrected chi connectivity index (χ0v) is 15.5. The normalized spacial score (nSPS) is 18.7. The Morgan fingerprint density at radius 2 is 1.43 bits per heavy atom. The van der Waals surface area contributed by atoms with Crippen LogP contribution < -0.4 is 0 Å². The fourth-order valence-electron chi connectivity index (χ4n) is 2.67. The first-order valence-corrected chi connectivity index (χ1v) is 9.38. The van der Waals surface area contributed by atoms with Gasteiger partial charge in [0, 0.05) is 10.6 Å². The standard InChI is InChI=1S/C16H16O2S.2C2H6/c1-10-14-7-6-13(18)8-16(14)19-9-15(10)11-2-4-12(17)5-3-11;2*1-2/h2-8,10,15,17-18H,9H2,1H3;2*1-2H3. The van der Waals surface area contributed by atoms with Crippen LogP contribution in [0.4, 0.5) is 0 Å². The maximum atomic E-state index is 9.55. The largest absolute Gasteiger partial charge is 0.508 e. The third-order valence-corrected chi connectivity index (χ3v) is 5.02. The number of phenolic OH excluding ortho intramolecular Hbond substituents is 2. The highest BCUT2D eigenvalue weighted by molar-refractivity contribution is 7.99. The minimum absolute atomic E-state index is 0.310. The van der Waals surface area contributed by atoms with Crippen LogP contribution in [0, 0.1) is 0 Å². The molecule has 3 rings (SSSR count). The summed E-state index contributed by atoms with van der Waals surface area (Å²) in [6.45, 7) is 10.2. The third kappa shape index (κ3) is 4.68. The maximum absolute atomic E-state index is 9.55. The van der Waals surface area contributed by atoms with Crippen molar-refractivity contribution in [1.29, 1.82) is 0 Å². The van der Waals surface area contributed by atoms with Gasteiger partial charge in [-0.3, -0.25) is 0 Å². The lowest BCUT2D eigenvalue weighted by Crippen LogP contribution is -2.16. The van der Waals surface area contributed by atoms with Crippen molar-refractivity contribution in [3.05, 3.63) is 53.6 Å². The fraction of sp³-hybridized carbons (Fsp3) is 0.400. The molecule has 0 bridgehead atoms. The van der Waals surface area contributed by atoms with Crippen molar-refractivity contribution in [2.45, 2.75) is 51.3 Å². The molecule has 3 heteroatoms. The topological polar surface area (TPSA) is 40.5 Å². The molecule has 1 aliphatic rings. The molecule has 0 aliphatic carbocycles. The second kappa shape index (κ2) is 9.51. The Labute approximate surface area is 144 Å². The van der Waals surface area contributed by atoms with Crippen molar-refractivity contribution in [1.82, 2.24) is 0 Å². The molecule has 1 heterocycles. The molecule has 0 aromatic heterocycles. The first-order chi connectivity index (χ1) is 11.1. The SMILES string of the molecule is CC.CC.CC1c2ccc(O)cc2SCC1c1ccc(O)cc1. The average molecular weight is 333 g/mol. The Hall–Kier alpha value is -1.61. The molecule has 126 valence electrons. The van der Waals surface area contributed by atoms with Crippen molar-refractivity contribution < 1.29 is 10.2 Å². The molecule has 0 saturated carbocycles. The Morgan fingerprint density at radius 1 is 0.870 bits per heavy atom. The first kappa shape index (κ1) is 19.4. The van der Waals surface area contributed by atoms with Crippen LogP contribution in [0.3, 0.4) is 0 Å². The zero-order chi connectivity index (χ0) is 17.4. The number of hydrogen-bond acceptors (Lipinski definition) is 3. The highest BCUT2D eigenvalue weighted by Gasteiger charge is 2.28. The summed E-state index contributed by atoms with van der Waals surface area (Å²) >= 11 is 1.79. The van der Waals surface area contributed by atoms with Gasteiger partial charge in [0.15, 0.2) is 0 Å². The Kier molecular flexibility index (Phi) is 8.04. The van der Waals surface area contributed by atoms with E-state index in [-0.39, 0.29) is 0 Å². The molecular weight excluding hydrogens is 304 g/mol. The minimum atomic E-state index is 0.310. The van der Waals surface area contributed by atoms with Crippen LogP contribution >= 0.6 is 11.8 Å². The van der Waals surface area contributed by atoms with Crippen LogP contribution in [0.5, 0.6) is 11.5 Å². The lowest BCUT2D eigenvalue weighted by atomic mass is 9.83. The van der Waals surface area contributed by atoms with Crippen LogP contribution in [-0.4, -0.2) is 16.0 Å². The van der Waals surface area contributed by atoms with Gasteiger partial charge in [-0.05, 0) is 47.2 Å². The molecule has 2 aromatic rings. The number of benzene rings is 2. The van der Waals surface area contributed by atoms with Crippen molar-refractivity contribution in [2.75, 3.05) is 5.75 Å². The van der Waals surface area contributed by atoms with E-state index >= 15 is 0 Å². The summed E-state index contributed by atoms with van der Waals surface area (Å²) in [5, 5.41) is 18.9. The molecular formula is C20H28O2S. The number of thioether (sulfide) groups is 1. The van der Waals surface area contributed by atoms with Crippen LogP contribution in [0.1, 0.15) is 57.6 Å².